The third-order valence-corrected chi connectivity index (χ3v) is 3.42. The van der Waals surface area contributed by atoms with Crippen molar-refractivity contribution in [3.63, 3.8) is 0 Å². The quantitative estimate of drug-likeness (QED) is 0.484. The Morgan fingerprint density at radius 1 is 1.24 bits per heavy atom. The molecule has 0 aliphatic heterocycles. The molecule has 0 N–H and O–H groups in total. The van der Waals surface area contributed by atoms with Crippen molar-refractivity contribution in [1.29, 1.82) is 0 Å². The Labute approximate surface area is 105 Å². The van der Waals surface area contributed by atoms with Crippen molar-refractivity contribution in [1.82, 2.24) is 0 Å². The van der Waals surface area contributed by atoms with Gasteiger partial charge in [-0.15, -0.1) is 0 Å². The van der Waals surface area contributed by atoms with Gasteiger partial charge in [-0.25, -0.2) is 0 Å². The number of methoxy groups -OCH3 is 1. The number of esters is 1. The van der Waals surface area contributed by atoms with E-state index in [-0.39, 0.29) is 17.7 Å². The summed E-state index contributed by atoms with van der Waals surface area (Å²) in [6.07, 6.45) is 4.73. The molecule has 0 heterocycles. The molecule has 0 rings (SSSR count). The summed E-state index contributed by atoms with van der Waals surface area (Å²) in [6.45, 7) is 7.47. The molecule has 0 spiro atoms. The van der Waals surface area contributed by atoms with Crippen LogP contribution in [0.1, 0.15) is 59.8 Å². The van der Waals surface area contributed by atoms with Gasteiger partial charge in [0.1, 0.15) is 5.78 Å². The van der Waals surface area contributed by atoms with E-state index in [2.05, 4.69) is 6.92 Å². The van der Waals surface area contributed by atoms with Gasteiger partial charge >= 0.3 is 5.97 Å². The van der Waals surface area contributed by atoms with E-state index < -0.39 is 5.41 Å². The van der Waals surface area contributed by atoms with Crippen LogP contribution in [0.4, 0.5) is 0 Å². The van der Waals surface area contributed by atoms with Gasteiger partial charge in [0.05, 0.1) is 12.5 Å². The third kappa shape index (κ3) is 5.33. The highest BCUT2D eigenvalue weighted by atomic mass is 16.5. The minimum atomic E-state index is -0.575. The minimum Gasteiger partial charge on any atom is -0.469 e. The van der Waals surface area contributed by atoms with Crippen molar-refractivity contribution < 1.29 is 14.3 Å². The van der Waals surface area contributed by atoms with Crippen molar-refractivity contribution in [3.8, 4) is 0 Å². The summed E-state index contributed by atoms with van der Waals surface area (Å²) in [4.78, 5) is 23.0. The summed E-state index contributed by atoms with van der Waals surface area (Å²) in [5, 5.41) is 0. The Morgan fingerprint density at radius 2 is 1.82 bits per heavy atom. The Hall–Kier alpha value is -0.860. The molecular weight excluding hydrogens is 216 g/mol. The summed E-state index contributed by atoms with van der Waals surface area (Å²) in [7, 11) is 1.40. The van der Waals surface area contributed by atoms with Crippen LogP contribution in [0.3, 0.4) is 0 Å². The average molecular weight is 242 g/mol. The van der Waals surface area contributed by atoms with E-state index in [1.54, 1.807) is 6.92 Å². The summed E-state index contributed by atoms with van der Waals surface area (Å²) in [5.41, 5.74) is -0.575. The maximum atomic E-state index is 11.8. The zero-order valence-electron chi connectivity index (χ0n) is 11.8. The summed E-state index contributed by atoms with van der Waals surface area (Å²) >= 11 is 0. The van der Waals surface area contributed by atoms with Crippen molar-refractivity contribution in [2.24, 2.45) is 11.3 Å². The highest BCUT2D eigenvalue weighted by molar-refractivity contribution is 5.79. The van der Waals surface area contributed by atoms with Crippen LogP contribution in [0.25, 0.3) is 0 Å². The number of carbonyl (C=O) groups excluding carboxylic acids is 2. The van der Waals surface area contributed by atoms with Crippen LogP contribution in [-0.4, -0.2) is 18.9 Å². The second-order valence-corrected chi connectivity index (χ2v) is 5.31. The van der Waals surface area contributed by atoms with E-state index in [9.17, 15) is 9.59 Å². The van der Waals surface area contributed by atoms with Crippen LogP contribution in [0.2, 0.25) is 0 Å². The lowest BCUT2D eigenvalue weighted by Crippen LogP contribution is -2.35. The highest BCUT2D eigenvalue weighted by Crippen LogP contribution is 2.35. The van der Waals surface area contributed by atoms with Gasteiger partial charge in [0.2, 0.25) is 0 Å². The molecule has 0 saturated carbocycles. The van der Waals surface area contributed by atoms with Crippen molar-refractivity contribution in [3.05, 3.63) is 0 Å². The smallest absolute Gasteiger partial charge is 0.311 e. The van der Waals surface area contributed by atoms with Gasteiger partial charge in [0.15, 0.2) is 0 Å². The highest BCUT2D eigenvalue weighted by Gasteiger charge is 2.37. The lowest BCUT2D eigenvalue weighted by atomic mass is 9.73. The number of hydrogen-bond acceptors (Lipinski definition) is 3. The summed E-state index contributed by atoms with van der Waals surface area (Å²) in [5.74, 6) is 0.00252. The molecule has 0 aliphatic carbocycles. The molecule has 0 radical (unpaired) electrons. The van der Waals surface area contributed by atoms with Crippen LogP contribution in [-0.2, 0) is 14.3 Å². The summed E-state index contributed by atoms with van der Waals surface area (Å²) in [6, 6.07) is 0. The molecule has 0 aromatic rings. The third-order valence-electron chi connectivity index (χ3n) is 3.42. The van der Waals surface area contributed by atoms with E-state index >= 15 is 0 Å². The first kappa shape index (κ1) is 16.1. The van der Waals surface area contributed by atoms with E-state index in [1.165, 1.54) is 7.11 Å². The standard InChI is InChI=1S/C14H26O3/c1-6-7-8-9-12(10-11(2)15)14(3,4)13(16)17-5/h12H,6-10H2,1-5H3. The van der Waals surface area contributed by atoms with Crippen LogP contribution in [0.15, 0.2) is 0 Å². The Bertz CT molecular complexity index is 256. The van der Waals surface area contributed by atoms with E-state index in [0.29, 0.717) is 6.42 Å². The number of ether oxygens (including phenoxy) is 1. The SMILES string of the molecule is CCCCCC(CC(C)=O)C(C)(C)C(=O)OC. The molecule has 0 aromatic carbocycles. The first-order valence-electron chi connectivity index (χ1n) is 6.44. The Balaban J connectivity index is 4.64. The fourth-order valence-corrected chi connectivity index (χ4v) is 2.14. The predicted octanol–water partition coefficient (Wildman–Crippen LogP) is 3.36. The maximum Gasteiger partial charge on any atom is 0.311 e. The van der Waals surface area contributed by atoms with Crippen LogP contribution in [0, 0.1) is 11.3 Å². The normalized spacial score (nSPS) is 13.2. The van der Waals surface area contributed by atoms with Crippen LogP contribution < -0.4 is 0 Å². The molecule has 0 amide bonds. The predicted molar refractivity (Wildman–Crippen MR) is 68.7 cm³/mol. The average Bonchev–Trinajstić information content (AvgIpc) is 2.26. The first-order valence-corrected chi connectivity index (χ1v) is 6.44. The molecule has 100 valence electrons. The molecular formula is C14H26O3. The molecule has 0 saturated heterocycles. The number of rotatable bonds is 8. The van der Waals surface area contributed by atoms with Gasteiger partial charge in [-0.1, -0.05) is 26.2 Å². The van der Waals surface area contributed by atoms with Gasteiger partial charge in [0.25, 0.3) is 0 Å². The molecule has 17 heavy (non-hydrogen) atoms. The molecule has 3 heteroatoms. The first-order chi connectivity index (χ1) is 7.86. The fraction of sp³-hybridized carbons (Fsp3) is 0.857. The lowest BCUT2D eigenvalue weighted by molar-refractivity contribution is -0.154. The monoisotopic (exact) mass is 242 g/mol. The number of carbonyl (C=O) groups is 2. The van der Waals surface area contributed by atoms with E-state index in [0.717, 1.165) is 25.7 Å². The Kier molecular flexibility index (Phi) is 7.09. The number of ketones is 1. The topological polar surface area (TPSA) is 43.4 Å². The van der Waals surface area contributed by atoms with Gasteiger partial charge in [0, 0.05) is 6.42 Å². The lowest BCUT2D eigenvalue weighted by Gasteiger charge is -2.31. The minimum absolute atomic E-state index is 0.0824. The second kappa shape index (κ2) is 7.46. The van der Waals surface area contributed by atoms with Gasteiger partial charge in [-0.3, -0.25) is 4.79 Å². The van der Waals surface area contributed by atoms with Crippen LogP contribution in [0.5, 0.6) is 0 Å². The molecule has 0 aliphatic rings. The van der Waals surface area contributed by atoms with Gasteiger partial charge < -0.3 is 9.53 Å². The molecule has 1 unspecified atom stereocenters. The van der Waals surface area contributed by atoms with Gasteiger partial charge in [-0.05, 0) is 33.1 Å². The maximum absolute atomic E-state index is 11.8. The van der Waals surface area contributed by atoms with E-state index in [4.69, 9.17) is 4.74 Å². The molecule has 3 nitrogen and oxygen atoms in total. The zero-order chi connectivity index (χ0) is 13.5. The molecule has 0 fully saturated rings. The van der Waals surface area contributed by atoms with Crippen molar-refractivity contribution in [2.45, 2.75) is 59.8 Å². The second-order valence-electron chi connectivity index (χ2n) is 5.31. The fourth-order valence-electron chi connectivity index (χ4n) is 2.14. The summed E-state index contributed by atoms with van der Waals surface area (Å²) < 4.78 is 4.83. The van der Waals surface area contributed by atoms with Crippen LogP contribution >= 0.6 is 0 Å². The van der Waals surface area contributed by atoms with Crippen molar-refractivity contribution >= 4 is 11.8 Å². The molecule has 0 bridgehead atoms. The molecule has 0 aromatic heterocycles. The number of hydrogen-bond donors (Lipinski definition) is 0. The molecule has 1 atom stereocenters. The van der Waals surface area contributed by atoms with Gasteiger partial charge in [-0.2, -0.15) is 0 Å². The largest absolute Gasteiger partial charge is 0.469 e. The number of unbranched alkanes of at least 4 members (excludes halogenated alkanes) is 2. The van der Waals surface area contributed by atoms with Crippen molar-refractivity contribution in [2.75, 3.05) is 7.11 Å². The van der Waals surface area contributed by atoms with E-state index in [1.807, 2.05) is 13.8 Å². The zero-order valence-corrected chi connectivity index (χ0v) is 11.8. The number of Topliss-reactive ketones (excluding diaryl/α,β-unsaturated/α-hetero) is 1. The Morgan fingerprint density at radius 3 is 2.24 bits per heavy atom.